The SMILES string of the molecule is Cc1cc(-c2nnc[nH]2)ccc1-c1cnc2c(n1)N1CCCCC1C(=O)N2. The molecule has 0 radical (unpaired) electrons. The van der Waals surface area contributed by atoms with Gasteiger partial charge in [0.25, 0.3) is 0 Å². The molecular formula is C19H19N7O. The Kier molecular flexibility index (Phi) is 3.63. The minimum absolute atomic E-state index is 0.0249. The standard InChI is InChI=1S/C19H19N7O/c1-11-8-12(16-21-10-22-25-16)5-6-13(11)14-9-20-17-18(23-14)26-7-3-2-4-15(26)19(27)24-17/h5-6,8-10,15H,2-4,7H2,1H3,(H,20,24,27)(H,21,22,25). The van der Waals surface area contributed by atoms with Crippen molar-refractivity contribution in [1.29, 1.82) is 0 Å². The number of hydrogen-bond donors (Lipinski definition) is 2. The molecule has 4 heterocycles. The number of rotatable bonds is 2. The van der Waals surface area contributed by atoms with Crippen LogP contribution in [0.25, 0.3) is 22.6 Å². The first kappa shape index (κ1) is 15.9. The highest BCUT2D eigenvalue weighted by Crippen LogP contribution is 2.35. The van der Waals surface area contributed by atoms with Crippen LogP contribution in [0, 0.1) is 6.92 Å². The van der Waals surface area contributed by atoms with Crippen molar-refractivity contribution in [1.82, 2.24) is 25.1 Å². The highest BCUT2D eigenvalue weighted by Gasteiger charge is 2.36. The van der Waals surface area contributed by atoms with Gasteiger partial charge in [0.2, 0.25) is 5.91 Å². The van der Waals surface area contributed by atoms with Crippen molar-refractivity contribution < 1.29 is 4.79 Å². The van der Waals surface area contributed by atoms with Gasteiger partial charge in [0, 0.05) is 17.7 Å². The number of amides is 1. The fraction of sp³-hybridized carbons (Fsp3) is 0.316. The van der Waals surface area contributed by atoms with Crippen molar-refractivity contribution in [3.63, 3.8) is 0 Å². The molecule has 8 nitrogen and oxygen atoms in total. The number of aromatic nitrogens is 5. The highest BCUT2D eigenvalue weighted by molar-refractivity contribution is 6.02. The second kappa shape index (κ2) is 6.15. The van der Waals surface area contributed by atoms with Gasteiger partial charge in [0.1, 0.15) is 12.4 Å². The molecular weight excluding hydrogens is 342 g/mol. The van der Waals surface area contributed by atoms with E-state index in [1.54, 1.807) is 12.5 Å². The number of H-pyrrole nitrogens is 1. The second-order valence-corrected chi connectivity index (χ2v) is 6.99. The van der Waals surface area contributed by atoms with Crippen molar-refractivity contribution in [3.8, 4) is 22.6 Å². The summed E-state index contributed by atoms with van der Waals surface area (Å²) >= 11 is 0. The first-order chi connectivity index (χ1) is 13.2. The lowest BCUT2D eigenvalue weighted by Gasteiger charge is -2.39. The predicted octanol–water partition coefficient (Wildman–Crippen LogP) is 2.55. The van der Waals surface area contributed by atoms with E-state index in [0.29, 0.717) is 5.82 Å². The number of carbonyl (C=O) groups is 1. The monoisotopic (exact) mass is 361 g/mol. The molecule has 0 bridgehead atoms. The molecule has 3 aromatic rings. The zero-order valence-electron chi connectivity index (χ0n) is 14.9. The van der Waals surface area contributed by atoms with Crippen molar-refractivity contribution in [2.24, 2.45) is 0 Å². The third kappa shape index (κ3) is 2.64. The van der Waals surface area contributed by atoms with Gasteiger partial charge in [-0.15, -0.1) is 10.2 Å². The number of anilines is 2. The lowest BCUT2D eigenvalue weighted by atomic mass is 9.99. The number of nitrogens with one attached hydrogen (secondary N) is 2. The summed E-state index contributed by atoms with van der Waals surface area (Å²) in [5.74, 6) is 2.09. The zero-order valence-corrected chi connectivity index (χ0v) is 14.9. The Morgan fingerprint density at radius 1 is 1.26 bits per heavy atom. The number of piperidine rings is 1. The van der Waals surface area contributed by atoms with Crippen LogP contribution in [0.15, 0.2) is 30.7 Å². The van der Waals surface area contributed by atoms with Crippen molar-refractivity contribution in [3.05, 3.63) is 36.3 Å². The lowest BCUT2D eigenvalue weighted by molar-refractivity contribution is -0.118. The molecule has 0 aliphatic carbocycles. The van der Waals surface area contributed by atoms with Gasteiger partial charge in [-0.3, -0.25) is 4.79 Å². The van der Waals surface area contributed by atoms with E-state index in [0.717, 1.165) is 59.8 Å². The highest BCUT2D eigenvalue weighted by atomic mass is 16.2. The van der Waals surface area contributed by atoms with Crippen LogP contribution in [0.3, 0.4) is 0 Å². The molecule has 1 aromatic carbocycles. The number of nitrogens with zero attached hydrogens (tertiary/aromatic N) is 5. The maximum absolute atomic E-state index is 12.3. The molecule has 2 N–H and O–H groups in total. The van der Waals surface area contributed by atoms with Crippen LogP contribution < -0.4 is 10.2 Å². The Morgan fingerprint density at radius 3 is 3.00 bits per heavy atom. The van der Waals surface area contributed by atoms with Crippen LogP contribution in [-0.4, -0.2) is 43.6 Å². The molecule has 2 aliphatic rings. The Labute approximate surface area is 156 Å². The summed E-state index contributed by atoms with van der Waals surface area (Å²) in [5.41, 5.74) is 3.87. The molecule has 5 rings (SSSR count). The Morgan fingerprint density at radius 2 is 2.19 bits per heavy atom. The summed E-state index contributed by atoms with van der Waals surface area (Å²) in [5, 5.41) is 10.8. The lowest BCUT2D eigenvalue weighted by Crippen LogP contribution is -2.51. The number of fused-ring (bicyclic) bond motifs is 3. The topological polar surface area (TPSA) is 99.7 Å². The van der Waals surface area contributed by atoms with E-state index in [1.165, 1.54) is 0 Å². The minimum Gasteiger partial charge on any atom is -0.341 e. The van der Waals surface area contributed by atoms with Crippen molar-refractivity contribution in [2.75, 3.05) is 16.8 Å². The van der Waals surface area contributed by atoms with Gasteiger partial charge in [-0.05, 0) is 37.8 Å². The second-order valence-electron chi connectivity index (χ2n) is 6.99. The molecule has 136 valence electrons. The molecule has 1 amide bonds. The summed E-state index contributed by atoms with van der Waals surface area (Å²) in [4.78, 5) is 26.8. The molecule has 8 heteroatoms. The van der Waals surface area contributed by atoms with Crippen LogP contribution in [0.1, 0.15) is 24.8 Å². The smallest absolute Gasteiger partial charge is 0.248 e. The average Bonchev–Trinajstić information content (AvgIpc) is 3.23. The fourth-order valence-corrected chi connectivity index (χ4v) is 3.90. The maximum atomic E-state index is 12.3. The third-order valence-electron chi connectivity index (χ3n) is 5.27. The molecule has 1 atom stereocenters. The predicted molar refractivity (Wildman–Crippen MR) is 101 cm³/mol. The first-order valence-corrected chi connectivity index (χ1v) is 9.13. The normalized spacial score (nSPS) is 18.6. The number of aromatic amines is 1. The molecule has 0 spiro atoms. The summed E-state index contributed by atoms with van der Waals surface area (Å²) < 4.78 is 0. The Bertz CT molecular complexity index is 1010. The first-order valence-electron chi connectivity index (χ1n) is 9.13. The Hall–Kier alpha value is -3.29. The van der Waals surface area contributed by atoms with Gasteiger partial charge in [0.05, 0.1) is 11.9 Å². The van der Waals surface area contributed by atoms with E-state index >= 15 is 0 Å². The van der Waals surface area contributed by atoms with Crippen LogP contribution in [-0.2, 0) is 4.79 Å². The van der Waals surface area contributed by atoms with E-state index in [1.807, 2.05) is 19.1 Å². The van der Waals surface area contributed by atoms with Crippen molar-refractivity contribution in [2.45, 2.75) is 32.2 Å². The summed E-state index contributed by atoms with van der Waals surface area (Å²) in [7, 11) is 0. The fourth-order valence-electron chi connectivity index (χ4n) is 3.90. The summed E-state index contributed by atoms with van der Waals surface area (Å²) in [6.07, 6.45) is 6.29. The Balaban J connectivity index is 1.54. The van der Waals surface area contributed by atoms with Crippen LogP contribution in [0.4, 0.5) is 11.6 Å². The van der Waals surface area contributed by atoms with Gasteiger partial charge in [-0.1, -0.05) is 12.1 Å². The molecule has 2 aliphatic heterocycles. The number of aryl methyl sites for hydroxylation is 1. The van der Waals surface area contributed by atoms with Crippen LogP contribution in [0.5, 0.6) is 0 Å². The zero-order chi connectivity index (χ0) is 18.4. The molecule has 2 aromatic heterocycles. The van der Waals surface area contributed by atoms with Gasteiger partial charge in [-0.2, -0.15) is 0 Å². The van der Waals surface area contributed by atoms with E-state index < -0.39 is 0 Å². The quantitative estimate of drug-likeness (QED) is 0.728. The van der Waals surface area contributed by atoms with Gasteiger partial charge >= 0.3 is 0 Å². The van der Waals surface area contributed by atoms with E-state index in [9.17, 15) is 4.79 Å². The third-order valence-corrected chi connectivity index (χ3v) is 5.27. The van der Waals surface area contributed by atoms with Crippen LogP contribution >= 0.6 is 0 Å². The van der Waals surface area contributed by atoms with Crippen LogP contribution in [0.2, 0.25) is 0 Å². The maximum Gasteiger partial charge on any atom is 0.248 e. The van der Waals surface area contributed by atoms with E-state index in [4.69, 9.17) is 4.98 Å². The van der Waals surface area contributed by atoms with Gasteiger partial charge < -0.3 is 15.2 Å². The molecule has 27 heavy (non-hydrogen) atoms. The summed E-state index contributed by atoms with van der Waals surface area (Å²) in [6.45, 7) is 2.88. The minimum atomic E-state index is -0.134. The van der Waals surface area contributed by atoms with E-state index in [2.05, 4.69) is 36.4 Å². The number of carbonyl (C=O) groups excluding carboxylic acids is 1. The molecule has 1 fully saturated rings. The molecule has 0 saturated carbocycles. The molecule has 1 saturated heterocycles. The van der Waals surface area contributed by atoms with E-state index in [-0.39, 0.29) is 11.9 Å². The molecule has 1 unspecified atom stereocenters. The number of hydrogen-bond acceptors (Lipinski definition) is 6. The summed E-state index contributed by atoms with van der Waals surface area (Å²) in [6, 6.07) is 5.95. The number of benzene rings is 1. The average molecular weight is 361 g/mol. The van der Waals surface area contributed by atoms with Crippen molar-refractivity contribution >= 4 is 17.5 Å². The van der Waals surface area contributed by atoms with Gasteiger partial charge in [0.15, 0.2) is 17.5 Å². The van der Waals surface area contributed by atoms with Gasteiger partial charge in [-0.25, -0.2) is 9.97 Å². The largest absolute Gasteiger partial charge is 0.341 e.